The van der Waals surface area contributed by atoms with E-state index in [1.54, 1.807) is 37.2 Å². The normalized spacial score (nSPS) is 14.2. The lowest BCUT2D eigenvalue weighted by atomic mass is 9.99. The topological polar surface area (TPSA) is 107 Å². The number of aromatic nitrogens is 3. The molecule has 1 aliphatic heterocycles. The molecular weight excluding hydrogens is 418 g/mol. The molecular formula is C25H29N5O3. The highest BCUT2D eigenvalue weighted by atomic mass is 16.5. The molecule has 8 nitrogen and oxygen atoms in total. The van der Waals surface area contributed by atoms with E-state index < -0.39 is 0 Å². The van der Waals surface area contributed by atoms with Crippen LogP contribution in [0, 0.1) is 0 Å². The molecule has 4 aromatic rings. The predicted molar refractivity (Wildman–Crippen MR) is 131 cm³/mol. The number of fused-ring (bicyclic) bond motifs is 2. The lowest BCUT2D eigenvalue weighted by molar-refractivity contribution is 0.287. The number of ether oxygens (including phenoxy) is 2. The third-order valence-electron chi connectivity index (χ3n) is 6.21. The summed E-state index contributed by atoms with van der Waals surface area (Å²) in [6.45, 7) is 3.21. The Morgan fingerprint density at radius 2 is 1.85 bits per heavy atom. The summed E-state index contributed by atoms with van der Waals surface area (Å²) in [5.74, 6) is 1.10. The molecule has 2 aromatic carbocycles. The molecule has 0 atom stereocenters. The first-order chi connectivity index (χ1) is 15.7. The van der Waals surface area contributed by atoms with Gasteiger partial charge in [-0.2, -0.15) is 0 Å². The Labute approximate surface area is 192 Å². The minimum absolute atomic E-state index is 0. The van der Waals surface area contributed by atoms with Crippen LogP contribution in [-0.4, -0.2) is 53.3 Å². The number of nitrogens with zero attached hydrogens (tertiary/aromatic N) is 3. The zero-order chi connectivity index (χ0) is 22.1. The SMILES string of the molecule is COc1cc2ncn(CCN3CC=C(c4c[nH]c5ccccc45)CC3)c(=O)c2cc1OC.N. The number of hydrogen-bond acceptors (Lipinski definition) is 6. The molecule has 33 heavy (non-hydrogen) atoms. The molecule has 4 N–H and O–H groups in total. The van der Waals surface area contributed by atoms with Crippen molar-refractivity contribution in [3.63, 3.8) is 0 Å². The second-order valence-corrected chi connectivity index (χ2v) is 8.00. The molecule has 5 rings (SSSR count). The second kappa shape index (κ2) is 9.48. The molecule has 0 radical (unpaired) electrons. The molecule has 2 aromatic heterocycles. The lowest BCUT2D eigenvalue weighted by Crippen LogP contribution is -2.34. The maximum Gasteiger partial charge on any atom is 0.261 e. The van der Waals surface area contributed by atoms with Crippen LogP contribution in [0.5, 0.6) is 11.5 Å². The van der Waals surface area contributed by atoms with Crippen molar-refractivity contribution in [2.45, 2.75) is 13.0 Å². The molecule has 3 heterocycles. The number of H-pyrrole nitrogens is 1. The van der Waals surface area contributed by atoms with E-state index in [2.05, 4.69) is 51.4 Å². The van der Waals surface area contributed by atoms with Crippen LogP contribution < -0.4 is 21.2 Å². The summed E-state index contributed by atoms with van der Waals surface area (Å²) in [5, 5.41) is 1.80. The molecule has 0 aliphatic carbocycles. The average Bonchev–Trinajstić information content (AvgIpc) is 3.27. The van der Waals surface area contributed by atoms with Crippen molar-refractivity contribution in [1.29, 1.82) is 0 Å². The summed E-state index contributed by atoms with van der Waals surface area (Å²) in [6, 6.07) is 11.8. The van der Waals surface area contributed by atoms with Gasteiger partial charge in [-0.15, -0.1) is 0 Å². The van der Waals surface area contributed by atoms with Gasteiger partial charge >= 0.3 is 0 Å². The van der Waals surface area contributed by atoms with Gasteiger partial charge in [-0.05, 0) is 24.1 Å². The molecule has 0 saturated heterocycles. The van der Waals surface area contributed by atoms with Crippen molar-refractivity contribution in [3.05, 3.63) is 70.9 Å². The highest BCUT2D eigenvalue weighted by Crippen LogP contribution is 2.30. The summed E-state index contributed by atoms with van der Waals surface area (Å²) in [7, 11) is 3.13. The van der Waals surface area contributed by atoms with Crippen LogP contribution in [0.25, 0.3) is 27.4 Å². The number of methoxy groups -OCH3 is 2. The molecule has 172 valence electrons. The zero-order valence-electron chi connectivity index (χ0n) is 19.0. The number of aromatic amines is 1. The third kappa shape index (κ3) is 4.22. The van der Waals surface area contributed by atoms with Crippen molar-refractivity contribution >= 4 is 27.4 Å². The van der Waals surface area contributed by atoms with Gasteiger partial charge in [0.15, 0.2) is 11.5 Å². The predicted octanol–water partition coefficient (Wildman–Crippen LogP) is 3.85. The molecule has 8 heteroatoms. The quantitative estimate of drug-likeness (QED) is 0.465. The van der Waals surface area contributed by atoms with E-state index in [0.717, 1.165) is 26.1 Å². The van der Waals surface area contributed by atoms with E-state index in [-0.39, 0.29) is 11.7 Å². The molecule has 0 bridgehead atoms. The Bertz CT molecular complexity index is 1370. The Balaban J connectivity index is 0.00000259. The minimum Gasteiger partial charge on any atom is -0.493 e. The maximum atomic E-state index is 13.0. The van der Waals surface area contributed by atoms with Gasteiger partial charge in [0, 0.05) is 54.9 Å². The van der Waals surface area contributed by atoms with Crippen molar-refractivity contribution in [2.75, 3.05) is 33.9 Å². The first kappa shape index (κ1) is 22.6. The monoisotopic (exact) mass is 447 g/mol. The molecule has 0 unspecified atom stereocenters. The van der Waals surface area contributed by atoms with Gasteiger partial charge in [0.25, 0.3) is 5.56 Å². The first-order valence-corrected chi connectivity index (χ1v) is 10.8. The Hall–Kier alpha value is -3.62. The Kier molecular flexibility index (Phi) is 6.48. The first-order valence-electron chi connectivity index (χ1n) is 10.8. The number of rotatable bonds is 6. The number of hydrogen-bond donors (Lipinski definition) is 2. The van der Waals surface area contributed by atoms with E-state index in [9.17, 15) is 4.79 Å². The second-order valence-electron chi connectivity index (χ2n) is 8.00. The summed E-state index contributed by atoms with van der Waals surface area (Å²) in [4.78, 5) is 23.2. The molecule has 0 amide bonds. The number of para-hydroxylation sites is 1. The molecule has 0 spiro atoms. The van der Waals surface area contributed by atoms with Gasteiger partial charge in [0.05, 0.1) is 31.4 Å². The fourth-order valence-electron chi connectivity index (χ4n) is 4.39. The van der Waals surface area contributed by atoms with Gasteiger partial charge < -0.3 is 20.6 Å². The van der Waals surface area contributed by atoms with Crippen molar-refractivity contribution in [1.82, 2.24) is 25.6 Å². The van der Waals surface area contributed by atoms with E-state index in [1.807, 2.05) is 0 Å². The van der Waals surface area contributed by atoms with Crippen molar-refractivity contribution < 1.29 is 9.47 Å². The minimum atomic E-state index is -0.0667. The standard InChI is InChI=1S/C25H26N4O3.H3N/c1-31-23-13-19-22(14-24(23)32-2)27-16-29(25(19)30)12-11-28-9-7-17(8-10-28)20-15-26-21-6-4-3-5-18(20)21;/h3-7,13-16,26H,8-12H2,1-2H3;1H3. The largest absolute Gasteiger partial charge is 0.493 e. The fourth-order valence-corrected chi connectivity index (χ4v) is 4.39. The van der Waals surface area contributed by atoms with Gasteiger partial charge in [-0.3, -0.25) is 14.3 Å². The highest BCUT2D eigenvalue weighted by molar-refractivity contribution is 5.92. The van der Waals surface area contributed by atoms with Crippen LogP contribution in [0.1, 0.15) is 12.0 Å². The summed E-state index contributed by atoms with van der Waals surface area (Å²) in [6.07, 6.45) is 7.02. The van der Waals surface area contributed by atoms with Crippen molar-refractivity contribution in [3.8, 4) is 11.5 Å². The number of nitrogens with one attached hydrogen (secondary N) is 1. The third-order valence-corrected chi connectivity index (χ3v) is 6.21. The summed E-state index contributed by atoms with van der Waals surface area (Å²) in [5.41, 5.74) is 4.38. The van der Waals surface area contributed by atoms with Crippen LogP contribution in [-0.2, 0) is 6.54 Å². The van der Waals surface area contributed by atoms with Gasteiger partial charge in [-0.1, -0.05) is 24.3 Å². The van der Waals surface area contributed by atoms with Crippen LogP contribution >= 0.6 is 0 Å². The zero-order valence-corrected chi connectivity index (χ0v) is 19.0. The Morgan fingerprint density at radius 3 is 2.61 bits per heavy atom. The van der Waals surface area contributed by atoms with E-state index in [0.29, 0.717) is 28.9 Å². The summed E-state index contributed by atoms with van der Waals surface area (Å²) >= 11 is 0. The average molecular weight is 448 g/mol. The van der Waals surface area contributed by atoms with E-state index in [1.165, 1.54) is 22.0 Å². The smallest absolute Gasteiger partial charge is 0.261 e. The van der Waals surface area contributed by atoms with Gasteiger partial charge in [-0.25, -0.2) is 4.98 Å². The molecule has 1 aliphatic rings. The lowest BCUT2D eigenvalue weighted by Gasteiger charge is -2.26. The van der Waals surface area contributed by atoms with Gasteiger partial charge in [0.2, 0.25) is 0 Å². The van der Waals surface area contributed by atoms with Crippen LogP contribution in [0.3, 0.4) is 0 Å². The molecule has 0 fully saturated rings. The highest BCUT2D eigenvalue weighted by Gasteiger charge is 2.16. The van der Waals surface area contributed by atoms with E-state index >= 15 is 0 Å². The molecule has 0 saturated carbocycles. The fraction of sp³-hybridized carbons (Fsp3) is 0.280. The van der Waals surface area contributed by atoms with Crippen LogP contribution in [0.2, 0.25) is 0 Å². The van der Waals surface area contributed by atoms with Crippen LogP contribution in [0.15, 0.2) is 59.8 Å². The maximum absolute atomic E-state index is 13.0. The summed E-state index contributed by atoms with van der Waals surface area (Å²) < 4.78 is 12.3. The number of benzene rings is 2. The van der Waals surface area contributed by atoms with E-state index in [4.69, 9.17) is 9.47 Å². The van der Waals surface area contributed by atoms with Crippen molar-refractivity contribution in [2.24, 2.45) is 0 Å². The van der Waals surface area contributed by atoms with Crippen LogP contribution in [0.4, 0.5) is 0 Å². The van der Waals surface area contributed by atoms with Gasteiger partial charge in [0.1, 0.15) is 0 Å². The Morgan fingerprint density at radius 1 is 1.06 bits per heavy atom.